The van der Waals surface area contributed by atoms with Crippen LogP contribution in [-0.2, 0) is 6.54 Å². The maximum atomic E-state index is 13.7. The average Bonchev–Trinajstić information content (AvgIpc) is 2.93. The molecule has 1 atom stereocenters. The topological polar surface area (TPSA) is 49.3 Å². The van der Waals surface area contributed by atoms with Crippen LogP contribution in [0.3, 0.4) is 0 Å². The molecule has 0 saturated carbocycles. The van der Waals surface area contributed by atoms with Gasteiger partial charge >= 0.3 is 0 Å². The quantitative estimate of drug-likeness (QED) is 0.395. The van der Waals surface area contributed by atoms with Gasteiger partial charge < -0.3 is 10.6 Å². The van der Waals surface area contributed by atoms with Gasteiger partial charge in [-0.3, -0.25) is 0 Å². The molecule has 2 rings (SSSR count). The molecular weight excluding hydrogens is 438 g/mol. The maximum absolute atomic E-state index is 13.7. The molecule has 0 saturated heterocycles. The Balaban J connectivity index is 0.00000288. The smallest absolute Gasteiger partial charge is 0.192 e. The summed E-state index contributed by atoms with van der Waals surface area (Å²) in [6.45, 7) is 9.09. The molecule has 0 aliphatic carbocycles. The highest BCUT2D eigenvalue weighted by molar-refractivity contribution is 14.0. The zero-order valence-electron chi connectivity index (χ0n) is 14.4. The molecule has 2 aromatic rings. The standard InChI is InChI=1S/C17H23FN4S.HI/c1-5-19-17(21-10-16-20-9-12(3)23-16)22-13(4)14-7-6-11(2)15(18)8-14;/h6-9,13H,5,10H2,1-4H3,(H2,19,21,22);1H. The molecule has 132 valence electrons. The number of aromatic nitrogens is 1. The van der Waals surface area contributed by atoms with Gasteiger partial charge in [0.2, 0.25) is 0 Å². The molecule has 7 heteroatoms. The van der Waals surface area contributed by atoms with Gasteiger partial charge in [0.25, 0.3) is 0 Å². The Morgan fingerprint density at radius 3 is 2.71 bits per heavy atom. The predicted molar refractivity (Wildman–Crippen MR) is 110 cm³/mol. The van der Waals surface area contributed by atoms with Crippen LogP contribution in [0.4, 0.5) is 4.39 Å². The third-order valence-electron chi connectivity index (χ3n) is 3.43. The van der Waals surface area contributed by atoms with Crippen LogP contribution in [0.2, 0.25) is 0 Å². The van der Waals surface area contributed by atoms with Crippen molar-refractivity contribution in [3.8, 4) is 0 Å². The number of hydrogen-bond donors (Lipinski definition) is 2. The minimum Gasteiger partial charge on any atom is -0.357 e. The average molecular weight is 462 g/mol. The van der Waals surface area contributed by atoms with E-state index < -0.39 is 0 Å². The lowest BCUT2D eigenvalue weighted by atomic mass is 10.1. The Labute approximate surface area is 164 Å². The van der Waals surface area contributed by atoms with E-state index in [9.17, 15) is 4.39 Å². The Morgan fingerprint density at radius 1 is 1.38 bits per heavy atom. The second-order valence-electron chi connectivity index (χ2n) is 5.43. The van der Waals surface area contributed by atoms with Crippen molar-refractivity contribution < 1.29 is 4.39 Å². The molecule has 0 amide bonds. The van der Waals surface area contributed by atoms with E-state index in [0.29, 0.717) is 18.1 Å². The Bertz CT molecular complexity index is 687. The summed E-state index contributed by atoms with van der Waals surface area (Å²) in [6.07, 6.45) is 1.85. The number of benzene rings is 1. The normalized spacial score (nSPS) is 12.5. The zero-order valence-corrected chi connectivity index (χ0v) is 17.5. The first kappa shape index (κ1) is 20.8. The molecule has 0 bridgehead atoms. The van der Waals surface area contributed by atoms with Crippen molar-refractivity contribution in [2.45, 2.75) is 40.3 Å². The van der Waals surface area contributed by atoms with Crippen LogP contribution in [-0.4, -0.2) is 17.5 Å². The minimum atomic E-state index is -0.184. The van der Waals surface area contributed by atoms with Crippen molar-refractivity contribution in [3.63, 3.8) is 0 Å². The van der Waals surface area contributed by atoms with Gasteiger partial charge in [-0.1, -0.05) is 12.1 Å². The molecule has 0 spiro atoms. The summed E-state index contributed by atoms with van der Waals surface area (Å²) < 4.78 is 13.7. The fraction of sp³-hybridized carbons (Fsp3) is 0.412. The van der Waals surface area contributed by atoms with Gasteiger partial charge in [-0.25, -0.2) is 14.4 Å². The van der Waals surface area contributed by atoms with Crippen molar-refractivity contribution in [2.75, 3.05) is 6.54 Å². The predicted octanol–water partition coefficient (Wildman–Crippen LogP) is 4.33. The third kappa shape index (κ3) is 6.01. The van der Waals surface area contributed by atoms with Crippen LogP contribution >= 0.6 is 35.3 Å². The van der Waals surface area contributed by atoms with E-state index in [2.05, 4.69) is 20.6 Å². The summed E-state index contributed by atoms with van der Waals surface area (Å²) in [6, 6.07) is 5.26. The summed E-state index contributed by atoms with van der Waals surface area (Å²) in [5.41, 5.74) is 1.55. The van der Waals surface area contributed by atoms with E-state index in [1.807, 2.05) is 33.0 Å². The summed E-state index contributed by atoms with van der Waals surface area (Å²) in [5, 5.41) is 7.50. The van der Waals surface area contributed by atoms with Crippen LogP contribution in [0.25, 0.3) is 0 Å². The van der Waals surface area contributed by atoms with E-state index in [-0.39, 0.29) is 35.8 Å². The fourth-order valence-corrected chi connectivity index (χ4v) is 2.82. The van der Waals surface area contributed by atoms with Crippen LogP contribution < -0.4 is 10.6 Å². The lowest BCUT2D eigenvalue weighted by Gasteiger charge is -2.18. The van der Waals surface area contributed by atoms with Gasteiger partial charge in [0.15, 0.2) is 5.96 Å². The molecule has 0 aliphatic rings. The minimum absolute atomic E-state index is 0. The first-order chi connectivity index (χ1) is 11.0. The monoisotopic (exact) mass is 462 g/mol. The maximum Gasteiger partial charge on any atom is 0.192 e. The Hall–Kier alpha value is -1.22. The summed E-state index contributed by atoms with van der Waals surface area (Å²) in [7, 11) is 0. The molecule has 0 fully saturated rings. The second-order valence-corrected chi connectivity index (χ2v) is 6.75. The number of nitrogens with one attached hydrogen (secondary N) is 2. The Morgan fingerprint density at radius 2 is 2.12 bits per heavy atom. The number of aryl methyl sites for hydroxylation is 2. The SMILES string of the molecule is CCNC(=NCc1ncc(C)s1)NC(C)c1ccc(C)c(F)c1.I. The van der Waals surface area contributed by atoms with Crippen molar-refractivity contribution >= 4 is 41.3 Å². The number of thiazole rings is 1. The molecule has 1 unspecified atom stereocenters. The summed E-state index contributed by atoms with van der Waals surface area (Å²) in [4.78, 5) is 10.0. The molecule has 1 aromatic heterocycles. The van der Waals surface area contributed by atoms with Gasteiger partial charge in [-0.05, 0) is 44.9 Å². The van der Waals surface area contributed by atoms with Crippen LogP contribution in [0.5, 0.6) is 0 Å². The largest absolute Gasteiger partial charge is 0.357 e. The molecule has 24 heavy (non-hydrogen) atoms. The van der Waals surface area contributed by atoms with E-state index in [1.165, 1.54) is 4.88 Å². The van der Waals surface area contributed by atoms with E-state index >= 15 is 0 Å². The number of halogens is 2. The van der Waals surface area contributed by atoms with Crippen LogP contribution in [0, 0.1) is 19.7 Å². The molecule has 2 N–H and O–H groups in total. The van der Waals surface area contributed by atoms with E-state index in [0.717, 1.165) is 17.1 Å². The highest BCUT2D eigenvalue weighted by Gasteiger charge is 2.10. The lowest BCUT2D eigenvalue weighted by molar-refractivity contribution is 0.607. The number of nitrogens with zero attached hydrogens (tertiary/aromatic N) is 2. The van der Waals surface area contributed by atoms with Gasteiger partial charge in [0, 0.05) is 17.6 Å². The van der Waals surface area contributed by atoms with Gasteiger partial charge in [-0.15, -0.1) is 35.3 Å². The first-order valence-electron chi connectivity index (χ1n) is 7.71. The number of aliphatic imine (C=N–C) groups is 1. The van der Waals surface area contributed by atoms with Crippen LogP contribution in [0.15, 0.2) is 29.4 Å². The van der Waals surface area contributed by atoms with Crippen LogP contribution in [0.1, 0.15) is 40.9 Å². The number of hydrogen-bond acceptors (Lipinski definition) is 3. The highest BCUT2D eigenvalue weighted by Crippen LogP contribution is 2.16. The van der Waals surface area contributed by atoms with Gasteiger partial charge in [-0.2, -0.15) is 0 Å². The fourth-order valence-electron chi connectivity index (χ4n) is 2.11. The van der Waals surface area contributed by atoms with Crippen molar-refractivity contribution in [1.82, 2.24) is 15.6 Å². The molecule has 0 aliphatic heterocycles. The van der Waals surface area contributed by atoms with Crippen molar-refractivity contribution in [2.24, 2.45) is 4.99 Å². The summed E-state index contributed by atoms with van der Waals surface area (Å²) in [5.74, 6) is 0.519. The van der Waals surface area contributed by atoms with Gasteiger partial charge in [0.1, 0.15) is 10.8 Å². The molecule has 0 radical (unpaired) electrons. The first-order valence-corrected chi connectivity index (χ1v) is 8.53. The van der Waals surface area contributed by atoms with Crippen molar-refractivity contribution in [1.29, 1.82) is 0 Å². The zero-order chi connectivity index (χ0) is 16.8. The highest BCUT2D eigenvalue weighted by atomic mass is 127. The second kappa shape index (κ2) is 9.93. The molecular formula is C17H24FIN4S. The summed E-state index contributed by atoms with van der Waals surface area (Å²) >= 11 is 1.64. The molecule has 4 nitrogen and oxygen atoms in total. The molecule has 1 heterocycles. The number of guanidine groups is 1. The third-order valence-corrected chi connectivity index (χ3v) is 4.33. The van der Waals surface area contributed by atoms with Gasteiger partial charge in [0.05, 0.1) is 12.6 Å². The van der Waals surface area contributed by atoms with E-state index in [4.69, 9.17) is 0 Å². The van der Waals surface area contributed by atoms with E-state index in [1.54, 1.807) is 30.4 Å². The van der Waals surface area contributed by atoms with Crippen molar-refractivity contribution in [3.05, 3.63) is 51.2 Å². The Kier molecular flexibility index (Phi) is 8.61. The number of rotatable bonds is 5. The lowest BCUT2D eigenvalue weighted by Crippen LogP contribution is -2.38. The molecule has 1 aromatic carbocycles.